The van der Waals surface area contributed by atoms with Gasteiger partial charge >= 0.3 is 12.1 Å². The number of nitrogens with zero attached hydrogens (tertiary/aromatic N) is 1. The number of alkyl halides is 3. The Morgan fingerprint density at radius 2 is 1.65 bits per heavy atom. The van der Waals surface area contributed by atoms with Crippen LogP contribution in [0, 0.1) is 0 Å². The van der Waals surface area contributed by atoms with Crippen molar-refractivity contribution in [3.8, 4) is 5.88 Å². The van der Waals surface area contributed by atoms with Crippen molar-refractivity contribution in [1.29, 1.82) is 0 Å². The summed E-state index contributed by atoms with van der Waals surface area (Å²) in [7, 11) is 0. The maximum atomic E-state index is 12.6. The largest absolute Gasteiger partial charge is 0.494 e. The van der Waals surface area contributed by atoms with E-state index in [-0.39, 0.29) is 11.6 Å². The predicted octanol–water partition coefficient (Wildman–Crippen LogP) is 5.54. The Bertz CT molecular complexity index is 1280. The van der Waals surface area contributed by atoms with Gasteiger partial charge in [-0.15, -0.1) is 0 Å². The first-order valence-electron chi connectivity index (χ1n) is 9.25. The van der Waals surface area contributed by atoms with E-state index < -0.39 is 12.1 Å². The summed E-state index contributed by atoms with van der Waals surface area (Å²) in [6.45, 7) is 0. The van der Waals surface area contributed by atoms with E-state index in [1.165, 1.54) is 18.2 Å². The van der Waals surface area contributed by atoms with Gasteiger partial charge < -0.3 is 15.4 Å². The minimum atomic E-state index is -5.00. The lowest BCUT2D eigenvalue weighted by Gasteiger charge is -2.10. The molecular weight excluding hydrogens is 407 g/mol. The SMILES string of the molecule is O=C(Nc1cccc(N=C(c2ccccc2)c2c(O)[nH]c3ccccc23)c1)C(F)(F)F. The number of fused-ring (bicyclic) bond motifs is 1. The van der Waals surface area contributed by atoms with E-state index in [0.717, 1.165) is 5.39 Å². The smallest absolute Gasteiger partial charge is 0.471 e. The molecule has 4 aromatic rings. The molecule has 0 bridgehead atoms. The molecule has 5 nitrogen and oxygen atoms in total. The molecule has 31 heavy (non-hydrogen) atoms. The number of nitrogens with one attached hydrogen (secondary N) is 2. The van der Waals surface area contributed by atoms with Crippen molar-refractivity contribution in [1.82, 2.24) is 4.98 Å². The number of aliphatic imine (C=N–C) groups is 1. The lowest BCUT2D eigenvalue weighted by Crippen LogP contribution is -2.29. The average Bonchev–Trinajstić information content (AvgIpc) is 3.08. The molecule has 0 aliphatic rings. The summed E-state index contributed by atoms with van der Waals surface area (Å²) in [4.78, 5) is 18.8. The molecule has 1 heterocycles. The van der Waals surface area contributed by atoms with E-state index in [4.69, 9.17) is 0 Å². The standard InChI is InChI=1S/C23H16F3N3O2/c24-23(25,26)22(31)28-16-10-6-9-15(13-16)27-20(14-7-2-1-3-8-14)19-17-11-4-5-12-18(17)29-21(19)30/h1-13,29-30H,(H,28,31). The minimum Gasteiger partial charge on any atom is -0.494 e. The van der Waals surface area contributed by atoms with Crippen LogP contribution in [0.2, 0.25) is 0 Å². The van der Waals surface area contributed by atoms with Gasteiger partial charge in [0.1, 0.15) is 0 Å². The van der Waals surface area contributed by atoms with Gasteiger partial charge in [0.15, 0.2) is 5.88 Å². The van der Waals surface area contributed by atoms with Gasteiger partial charge in [-0.05, 0) is 24.3 Å². The van der Waals surface area contributed by atoms with Crippen LogP contribution in [-0.2, 0) is 4.79 Å². The Morgan fingerprint density at radius 3 is 2.39 bits per heavy atom. The van der Waals surface area contributed by atoms with Crippen LogP contribution in [0.1, 0.15) is 11.1 Å². The normalized spacial score (nSPS) is 12.2. The molecule has 0 atom stereocenters. The number of amides is 1. The number of para-hydroxylation sites is 1. The number of aromatic nitrogens is 1. The summed E-state index contributed by atoms with van der Waals surface area (Å²) in [6, 6.07) is 22.2. The fourth-order valence-electron chi connectivity index (χ4n) is 3.21. The molecule has 1 amide bonds. The second-order valence-corrected chi connectivity index (χ2v) is 6.72. The van der Waals surface area contributed by atoms with E-state index in [0.29, 0.717) is 28.0 Å². The fourth-order valence-corrected chi connectivity index (χ4v) is 3.21. The molecule has 0 aliphatic carbocycles. The molecule has 1 aromatic heterocycles. The highest BCUT2D eigenvalue weighted by Crippen LogP contribution is 2.32. The van der Waals surface area contributed by atoms with Gasteiger partial charge in [0.25, 0.3) is 0 Å². The van der Waals surface area contributed by atoms with Crippen molar-refractivity contribution in [2.45, 2.75) is 6.18 Å². The Balaban J connectivity index is 1.83. The number of benzene rings is 3. The molecule has 3 N–H and O–H groups in total. The second kappa shape index (κ2) is 7.98. The molecule has 0 unspecified atom stereocenters. The van der Waals surface area contributed by atoms with Crippen molar-refractivity contribution < 1.29 is 23.1 Å². The first-order valence-corrected chi connectivity index (χ1v) is 9.25. The van der Waals surface area contributed by atoms with Crippen molar-refractivity contribution in [2.75, 3.05) is 5.32 Å². The van der Waals surface area contributed by atoms with Gasteiger partial charge in [0, 0.05) is 22.2 Å². The highest BCUT2D eigenvalue weighted by atomic mass is 19.4. The van der Waals surface area contributed by atoms with Crippen LogP contribution in [0.4, 0.5) is 24.5 Å². The number of aromatic amines is 1. The summed E-state index contributed by atoms with van der Waals surface area (Å²) < 4.78 is 37.7. The molecular formula is C23H16F3N3O2. The summed E-state index contributed by atoms with van der Waals surface area (Å²) >= 11 is 0. The van der Waals surface area contributed by atoms with E-state index in [1.54, 1.807) is 6.07 Å². The van der Waals surface area contributed by atoms with Crippen LogP contribution in [0.25, 0.3) is 10.9 Å². The quantitative estimate of drug-likeness (QED) is 0.377. The number of hydrogen-bond donors (Lipinski definition) is 3. The predicted molar refractivity (Wildman–Crippen MR) is 113 cm³/mol. The number of hydrogen-bond acceptors (Lipinski definition) is 3. The third-order valence-corrected chi connectivity index (χ3v) is 4.57. The third-order valence-electron chi connectivity index (χ3n) is 4.57. The number of rotatable bonds is 4. The Kier molecular flexibility index (Phi) is 5.21. The number of carbonyl (C=O) groups is 1. The lowest BCUT2D eigenvalue weighted by molar-refractivity contribution is -0.167. The maximum Gasteiger partial charge on any atom is 0.471 e. The van der Waals surface area contributed by atoms with Crippen molar-refractivity contribution in [2.24, 2.45) is 4.99 Å². The summed E-state index contributed by atoms with van der Waals surface area (Å²) in [5.74, 6) is -2.14. The van der Waals surface area contributed by atoms with E-state index in [1.807, 2.05) is 59.9 Å². The van der Waals surface area contributed by atoms with E-state index in [9.17, 15) is 23.1 Å². The Hall–Kier alpha value is -4.07. The van der Waals surface area contributed by atoms with Gasteiger partial charge in [0.05, 0.1) is 17.0 Å². The second-order valence-electron chi connectivity index (χ2n) is 6.72. The summed E-state index contributed by atoms with van der Waals surface area (Å²) in [5, 5.41) is 13.2. The molecule has 0 saturated heterocycles. The molecule has 0 fully saturated rings. The highest BCUT2D eigenvalue weighted by Gasteiger charge is 2.38. The Morgan fingerprint density at radius 1 is 0.935 bits per heavy atom. The van der Waals surface area contributed by atoms with E-state index >= 15 is 0 Å². The molecule has 0 radical (unpaired) electrons. The zero-order valence-corrected chi connectivity index (χ0v) is 15.9. The molecule has 0 saturated carbocycles. The van der Waals surface area contributed by atoms with Crippen LogP contribution in [0.5, 0.6) is 5.88 Å². The number of halogens is 3. The number of H-pyrrole nitrogens is 1. The van der Waals surface area contributed by atoms with Gasteiger partial charge in [-0.25, -0.2) is 4.99 Å². The topological polar surface area (TPSA) is 77.5 Å². The molecule has 3 aromatic carbocycles. The van der Waals surface area contributed by atoms with Crippen LogP contribution >= 0.6 is 0 Å². The van der Waals surface area contributed by atoms with Crippen LogP contribution in [0.15, 0.2) is 83.9 Å². The number of anilines is 1. The molecule has 156 valence electrons. The third kappa shape index (κ3) is 4.28. The van der Waals surface area contributed by atoms with Gasteiger partial charge in [-0.3, -0.25) is 4.79 Å². The van der Waals surface area contributed by atoms with Crippen molar-refractivity contribution in [3.63, 3.8) is 0 Å². The maximum absolute atomic E-state index is 12.6. The summed E-state index contributed by atoms with van der Waals surface area (Å²) in [5.41, 5.74) is 2.57. The molecule has 0 spiro atoms. The van der Waals surface area contributed by atoms with Gasteiger partial charge in [-0.1, -0.05) is 54.6 Å². The van der Waals surface area contributed by atoms with Crippen LogP contribution < -0.4 is 5.32 Å². The van der Waals surface area contributed by atoms with Crippen molar-refractivity contribution in [3.05, 3.63) is 90.0 Å². The first kappa shape index (κ1) is 20.2. The monoisotopic (exact) mass is 423 g/mol. The zero-order chi connectivity index (χ0) is 22.0. The van der Waals surface area contributed by atoms with Crippen molar-refractivity contribution >= 4 is 33.9 Å². The Labute approximate surface area is 174 Å². The van der Waals surface area contributed by atoms with E-state index in [2.05, 4.69) is 9.98 Å². The van der Waals surface area contributed by atoms with Crippen LogP contribution in [-0.4, -0.2) is 27.9 Å². The van der Waals surface area contributed by atoms with Gasteiger partial charge in [0.2, 0.25) is 0 Å². The lowest BCUT2D eigenvalue weighted by atomic mass is 10.0. The van der Waals surface area contributed by atoms with Crippen LogP contribution in [0.3, 0.4) is 0 Å². The molecule has 0 aliphatic heterocycles. The van der Waals surface area contributed by atoms with Gasteiger partial charge in [-0.2, -0.15) is 13.2 Å². The first-order chi connectivity index (χ1) is 14.8. The number of carbonyl (C=O) groups excluding carboxylic acids is 1. The average molecular weight is 423 g/mol. The zero-order valence-electron chi connectivity index (χ0n) is 15.9. The number of aromatic hydroxyl groups is 1. The highest BCUT2D eigenvalue weighted by molar-refractivity contribution is 6.21. The minimum absolute atomic E-state index is 0.0425. The fraction of sp³-hybridized carbons (Fsp3) is 0.0435. The molecule has 4 rings (SSSR count). The summed E-state index contributed by atoms with van der Waals surface area (Å²) in [6.07, 6.45) is -5.00. The molecule has 8 heteroatoms.